The zero-order valence-corrected chi connectivity index (χ0v) is 11.3. The van der Waals surface area contributed by atoms with Crippen molar-refractivity contribution in [2.24, 2.45) is 0 Å². The van der Waals surface area contributed by atoms with Crippen molar-refractivity contribution in [3.8, 4) is 0 Å². The Morgan fingerprint density at radius 1 is 1.32 bits per heavy atom. The molecule has 0 bridgehead atoms. The normalized spacial score (nSPS) is 13.0. The van der Waals surface area contributed by atoms with Crippen molar-refractivity contribution in [2.45, 2.75) is 32.5 Å². The third-order valence-corrected chi connectivity index (χ3v) is 3.23. The first kappa shape index (κ1) is 14.1. The minimum Gasteiger partial charge on any atom is -0.394 e. The zero-order chi connectivity index (χ0) is 13.7. The molecule has 0 saturated carbocycles. The lowest BCUT2D eigenvalue weighted by Gasteiger charge is -2.09. The second kappa shape index (κ2) is 6.70. The number of benzene rings is 1. The predicted octanol–water partition coefficient (Wildman–Crippen LogP) is 1.49. The van der Waals surface area contributed by atoms with Crippen LogP contribution < -0.4 is 5.32 Å². The molecule has 19 heavy (non-hydrogen) atoms. The minimum absolute atomic E-state index is 0.212. The highest BCUT2D eigenvalue weighted by molar-refractivity contribution is 5.83. The number of hydrogen-bond donors (Lipinski definition) is 3. The maximum absolute atomic E-state index is 9.61. The van der Waals surface area contributed by atoms with Crippen LogP contribution in [0.2, 0.25) is 0 Å². The van der Waals surface area contributed by atoms with Crippen LogP contribution in [0, 0.1) is 0 Å². The van der Waals surface area contributed by atoms with Gasteiger partial charge in [0.05, 0.1) is 19.3 Å². The summed E-state index contributed by atoms with van der Waals surface area (Å²) in [5, 5.41) is 23.2. The lowest BCUT2D eigenvalue weighted by Crippen LogP contribution is -2.19. The van der Waals surface area contributed by atoms with E-state index in [9.17, 15) is 5.11 Å². The first-order valence-corrected chi connectivity index (χ1v) is 6.82. The van der Waals surface area contributed by atoms with Crippen LogP contribution in [0.1, 0.15) is 18.9 Å². The first-order valence-electron chi connectivity index (χ1n) is 6.82. The van der Waals surface area contributed by atoms with Crippen molar-refractivity contribution in [3.05, 3.63) is 36.0 Å². The molecular formula is C15H22N2O2. The highest BCUT2D eigenvalue weighted by Gasteiger charge is 2.10. The average Bonchev–Trinajstić information content (AvgIpc) is 2.78. The SMILES string of the molecule is CCCNCc1cn(CC(O)CO)c2ccccc12. The molecular weight excluding hydrogens is 240 g/mol. The number of nitrogens with zero attached hydrogens (tertiary/aromatic N) is 1. The largest absolute Gasteiger partial charge is 0.394 e. The zero-order valence-electron chi connectivity index (χ0n) is 11.3. The average molecular weight is 262 g/mol. The Bertz CT molecular complexity index is 522. The van der Waals surface area contributed by atoms with E-state index in [-0.39, 0.29) is 6.61 Å². The van der Waals surface area contributed by atoms with E-state index < -0.39 is 6.10 Å². The summed E-state index contributed by atoms with van der Waals surface area (Å²) in [6.07, 6.45) is 2.46. The van der Waals surface area contributed by atoms with Gasteiger partial charge in [-0.3, -0.25) is 0 Å². The van der Waals surface area contributed by atoms with Gasteiger partial charge < -0.3 is 20.1 Å². The van der Waals surface area contributed by atoms with E-state index in [1.807, 2.05) is 22.8 Å². The molecule has 2 rings (SSSR count). The smallest absolute Gasteiger partial charge is 0.0949 e. The predicted molar refractivity (Wildman–Crippen MR) is 77.0 cm³/mol. The maximum atomic E-state index is 9.61. The monoisotopic (exact) mass is 262 g/mol. The van der Waals surface area contributed by atoms with Gasteiger partial charge in [0.15, 0.2) is 0 Å². The number of aliphatic hydroxyl groups is 2. The van der Waals surface area contributed by atoms with Gasteiger partial charge in [0, 0.05) is 23.6 Å². The van der Waals surface area contributed by atoms with Crippen molar-refractivity contribution < 1.29 is 10.2 Å². The Kier molecular flexibility index (Phi) is 4.96. The van der Waals surface area contributed by atoms with Crippen LogP contribution in [0.5, 0.6) is 0 Å². The van der Waals surface area contributed by atoms with Gasteiger partial charge in [-0.2, -0.15) is 0 Å². The molecule has 1 unspecified atom stereocenters. The standard InChI is InChI=1S/C15H22N2O2/c1-2-7-16-8-12-9-17(10-13(19)11-18)15-6-4-3-5-14(12)15/h3-6,9,13,16,18-19H,2,7-8,10-11H2,1H3. The molecule has 0 aliphatic rings. The Balaban J connectivity index is 2.26. The number of nitrogens with one attached hydrogen (secondary N) is 1. The van der Waals surface area contributed by atoms with Gasteiger partial charge in [0.1, 0.15) is 0 Å². The van der Waals surface area contributed by atoms with Crippen molar-refractivity contribution in [3.63, 3.8) is 0 Å². The fourth-order valence-electron chi connectivity index (χ4n) is 2.30. The summed E-state index contributed by atoms with van der Waals surface area (Å²) in [4.78, 5) is 0. The summed E-state index contributed by atoms with van der Waals surface area (Å²) in [6, 6.07) is 8.16. The summed E-state index contributed by atoms with van der Waals surface area (Å²) >= 11 is 0. The van der Waals surface area contributed by atoms with Crippen LogP contribution in [0.3, 0.4) is 0 Å². The van der Waals surface area contributed by atoms with Gasteiger partial charge in [-0.05, 0) is 24.6 Å². The molecule has 0 aliphatic carbocycles. The highest BCUT2D eigenvalue weighted by atomic mass is 16.3. The summed E-state index contributed by atoms with van der Waals surface area (Å²) in [5.74, 6) is 0. The molecule has 1 aromatic carbocycles. The summed E-state index contributed by atoms with van der Waals surface area (Å²) < 4.78 is 2.01. The Hall–Kier alpha value is -1.36. The highest BCUT2D eigenvalue weighted by Crippen LogP contribution is 2.21. The maximum Gasteiger partial charge on any atom is 0.0949 e. The van der Waals surface area contributed by atoms with Crippen molar-refractivity contribution in [1.29, 1.82) is 0 Å². The molecule has 4 heteroatoms. The Labute approximate surface area is 113 Å². The van der Waals surface area contributed by atoms with E-state index in [2.05, 4.69) is 24.5 Å². The molecule has 1 heterocycles. The van der Waals surface area contributed by atoms with Crippen molar-refractivity contribution >= 4 is 10.9 Å². The van der Waals surface area contributed by atoms with Crippen molar-refractivity contribution in [2.75, 3.05) is 13.2 Å². The van der Waals surface area contributed by atoms with E-state index in [1.165, 1.54) is 10.9 Å². The molecule has 1 atom stereocenters. The molecule has 0 saturated heterocycles. The Morgan fingerprint density at radius 3 is 2.84 bits per heavy atom. The number of rotatable bonds is 7. The van der Waals surface area contributed by atoms with Gasteiger partial charge in [-0.25, -0.2) is 0 Å². The topological polar surface area (TPSA) is 57.4 Å². The number of para-hydroxylation sites is 1. The molecule has 0 spiro atoms. The summed E-state index contributed by atoms with van der Waals surface area (Å²) in [6.45, 7) is 4.18. The second-order valence-electron chi connectivity index (χ2n) is 4.84. The van der Waals surface area contributed by atoms with Crippen LogP contribution >= 0.6 is 0 Å². The molecule has 3 N–H and O–H groups in total. The fraction of sp³-hybridized carbons (Fsp3) is 0.467. The first-order chi connectivity index (χ1) is 9.26. The van der Waals surface area contributed by atoms with Crippen LogP contribution in [-0.4, -0.2) is 34.0 Å². The Morgan fingerprint density at radius 2 is 2.11 bits per heavy atom. The van der Waals surface area contributed by atoms with Gasteiger partial charge >= 0.3 is 0 Å². The number of hydrogen-bond acceptors (Lipinski definition) is 3. The lowest BCUT2D eigenvalue weighted by atomic mass is 10.2. The molecule has 2 aromatic rings. The molecule has 104 valence electrons. The van der Waals surface area contributed by atoms with E-state index in [1.54, 1.807) is 0 Å². The van der Waals surface area contributed by atoms with Crippen LogP contribution in [-0.2, 0) is 13.1 Å². The third-order valence-electron chi connectivity index (χ3n) is 3.23. The summed E-state index contributed by atoms with van der Waals surface area (Å²) in [7, 11) is 0. The third kappa shape index (κ3) is 3.35. The van der Waals surface area contributed by atoms with Gasteiger partial charge in [-0.1, -0.05) is 25.1 Å². The quantitative estimate of drug-likeness (QED) is 0.663. The molecule has 0 radical (unpaired) electrons. The van der Waals surface area contributed by atoms with Crippen LogP contribution in [0.25, 0.3) is 10.9 Å². The fourth-order valence-corrected chi connectivity index (χ4v) is 2.30. The molecule has 0 fully saturated rings. The van der Waals surface area contributed by atoms with E-state index in [0.717, 1.165) is 25.0 Å². The lowest BCUT2D eigenvalue weighted by molar-refractivity contribution is 0.0822. The van der Waals surface area contributed by atoms with Crippen LogP contribution in [0.15, 0.2) is 30.5 Å². The van der Waals surface area contributed by atoms with Gasteiger partial charge in [0.25, 0.3) is 0 Å². The second-order valence-corrected chi connectivity index (χ2v) is 4.84. The number of aliphatic hydroxyl groups excluding tert-OH is 2. The summed E-state index contributed by atoms with van der Waals surface area (Å²) in [5.41, 5.74) is 2.33. The number of aromatic nitrogens is 1. The van der Waals surface area contributed by atoms with Gasteiger partial charge in [0.2, 0.25) is 0 Å². The van der Waals surface area contributed by atoms with Crippen LogP contribution in [0.4, 0.5) is 0 Å². The number of fused-ring (bicyclic) bond motifs is 1. The molecule has 0 aliphatic heterocycles. The van der Waals surface area contributed by atoms with Gasteiger partial charge in [-0.15, -0.1) is 0 Å². The van der Waals surface area contributed by atoms with Crippen molar-refractivity contribution in [1.82, 2.24) is 9.88 Å². The molecule has 0 amide bonds. The van der Waals surface area contributed by atoms with E-state index >= 15 is 0 Å². The molecule has 1 aromatic heterocycles. The van der Waals surface area contributed by atoms with E-state index in [0.29, 0.717) is 6.54 Å². The molecule has 4 nitrogen and oxygen atoms in total. The van der Waals surface area contributed by atoms with E-state index in [4.69, 9.17) is 5.11 Å². The minimum atomic E-state index is -0.716.